The Morgan fingerprint density at radius 3 is 1.00 bits per heavy atom. The van der Waals surface area contributed by atoms with E-state index >= 15 is 0 Å². The molecule has 78 valence electrons. The van der Waals surface area contributed by atoms with Crippen molar-refractivity contribution in [3.8, 4) is 0 Å². The Bertz CT molecular complexity index is 147. The third-order valence-electron chi connectivity index (χ3n) is 1.30. The molecule has 0 spiro atoms. The van der Waals surface area contributed by atoms with Crippen LogP contribution >= 0.6 is 0 Å². The molecule has 0 heteroatoms. The van der Waals surface area contributed by atoms with Gasteiger partial charge in [-0.2, -0.15) is 0 Å². The lowest BCUT2D eigenvalue weighted by molar-refractivity contribution is 0.539. The molecular formula is C13H26. The van der Waals surface area contributed by atoms with Crippen molar-refractivity contribution in [2.45, 2.75) is 49.0 Å². The van der Waals surface area contributed by atoms with E-state index in [-0.39, 0.29) is 7.43 Å². The van der Waals surface area contributed by atoms with Crippen LogP contribution in [0, 0.1) is 10.8 Å². The molecule has 0 aromatic heterocycles. The van der Waals surface area contributed by atoms with Crippen LogP contribution in [-0.2, 0) is 0 Å². The largest absolute Gasteiger partial charge is 0.0791 e. The van der Waals surface area contributed by atoms with Crippen molar-refractivity contribution < 1.29 is 0 Å². The van der Waals surface area contributed by atoms with Crippen LogP contribution in [0.3, 0.4) is 0 Å². The van der Waals surface area contributed by atoms with E-state index in [0.717, 1.165) is 0 Å². The average molecular weight is 182 g/mol. The van der Waals surface area contributed by atoms with Crippen LogP contribution in [0.4, 0.5) is 0 Å². The summed E-state index contributed by atoms with van der Waals surface area (Å²) in [7, 11) is 0. The van der Waals surface area contributed by atoms with E-state index in [4.69, 9.17) is 0 Å². The zero-order chi connectivity index (χ0) is 9.83. The van der Waals surface area contributed by atoms with Crippen LogP contribution < -0.4 is 0 Å². The molecule has 0 rings (SSSR count). The molecular weight excluding hydrogens is 156 g/mol. The van der Waals surface area contributed by atoms with E-state index in [1.165, 1.54) is 0 Å². The van der Waals surface area contributed by atoms with Crippen LogP contribution in [0.1, 0.15) is 49.0 Å². The van der Waals surface area contributed by atoms with Crippen molar-refractivity contribution in [1.29, 1.82) is 0 Å². The Morgan fingerprint density at radius 2 is 0.846 bits per heavy atom. The van der Waals surface area contributed by atoms with E-state index in [2.05, 4.69) is 65.8 Å². The van der Waals surface area contributed by atoms with Gasteiger partial charge in [-0.3, -0.25) is 0 Å². The fourth-order valence-corrected chi connectivity index (χ4v) is 0.688. The molecule has 0 aliphatic carbocycles. The summed E-state index contributed by atoms with van der Waals surface area (Å²) in [6.45, 7) is 13.2. The predicted molar refractivity (Wildman–Crippen MR) is 63.9 cm³/mol. The number of hydrogen-bond donors (Lipinski definition) is 0. The molecule has 0 atom stereocenters. The minimum Gasteiger partial charge on any atom is -0.0791 e. The summed E-state index contributed by atoms with van der Waals surface area (Å²) in [4.78, 5) is 0. The molecule has 0 fully saturated rings. The standard InChI is InChI=1S/C12H22.CH4/c1-11(2,3)9-7-8-10-12(4,5)6;/h7-10H,1-6H3;1H4/b9-7-,10-8-;. The number of rotatable bonds is 1. The first-order valence-corrected chi connectivity index (χ1v) is 4.58. The molecule has 0 aliphatic rings. The Balaban J connectivity index is 0. The van der Waals surface area contributed by atoms with E-state index in [1.807, 2.05) is 0 Å². The quantitative estimate of drug-likeness (QED) is 0.510. The summed E-state index contributed by atoms with van der Waals surface area (Å²) >= 11 is 0. The maximum absolute atomic E-state index is 2.22. The van der Waals surface area contributed by atoms with Crippen LogP contribution in [0.2, 0.25) is 0 Å². The monoisotopic (exact) mass is 182 g/mol. The molecule has 0 saturated heterocycles. The maximum atomic E-state index is 2.22. The van der Waals surface area contributed by atoms with Crippen molar-refractivity contribution in [2.24, 2.45) is 10.8 Å². The SMILES string of the molecule is C.CC(C)(C)/C=C\C=C/C(C)(C)C. The lowest BCUT2D eigenvalue weighted by Gasteiger charge is -2.12. The lowest BCUT2D eigenvalue weighted by atomic mass is 9.94. The first kappa shape index (κ1) is 15.0. The zero-order valence-electron chi connectivity index (χ0n) is 9.31. The molecule has 0 unspecified atom stereocenters. The second-order valence-corrected chi connectivity index (χ2v) is 5.45. The summed E-state index contributed by atoms with van der Waals surface area (Å²) < 4.78 is 0. The minimum absolute atomic E-state index is 0. The van der Waals surface area contributed by atoms with Gasteiger partial charge in [0.25, 0.3) is 0 Å². The maximum Gasteiger partial charge on any atom is -0.0200 e. The van der Waals surface area contributed by atoms with Gasteiger partial charge in [0.1, 0.15) is 0 Å². The topological polar surface area (TPSA) is 0 Å². The fourth-order valence-electron chi connectivity index (χ4n) is 0.688. The summed E-state index contributed by atoms with van der Waals surface area (Å²) in [5, 5.41) is 0. The molecule has 13 heavy (non-hydrogen) atoms. The Labute approximate surface area is 84.7 Å². The molecule has 0 nitrogen and oxygen atoms in total. The van der Waals surface area contributed by atoms with Gasteiger partial charge in [0.15, 0.2) is 0 Å². The van der Waals surface area contributed by atoms with Gasteiger partial charge in [0.2, 0.25) is 0 Å². The van der Waals surface area contributed by atoms with Crippen molar-refractivity contribution in [2.75, 3.05) is 0 Å². The van der Waals surface area contributed by atoms with E-state index in [9.17, 15) is 0 Å². The third kappa shape index (κ3) is 14.3. The number of hydrogen-bond acceptors (Lipinski definition) is 0. The van der Waals surface area contributed by atoms with E-state index in [0.29, 0.717) is 10.8 Å². The normalized spacial score (nSPS) is 13.7. The molecule has 0 aromatic rings. The second-order valence-electron chi connectivity index (χ2n) is 5.45. The minimum atomic E-state index is 0. The van der Waals surface area contributed by atoms with Gasteiger partial charge in [-0.25, -0.2) is 0 Å². The second kappa shape index (κ2) is 5.26. The van der Waals surface area contributed by atoms with Gasteiger partial charge >= 0.3 is 0 Å². The highest BCUT2D eigenvalue weighted by Crippen LogP contribution is 2.16. The predicted octanol–water partition coefficient (Wildman–Crippen LogP) is 4.83. The van der Waals surface area contributed by atoms with E-state index in [1.54, 1.807) is 0 Å². The van der Waals surface area contributed by atoms with Gasteiger partial charge in [0.05, 0.1) is 0 Å². The van der Waals surface area contributed by atoms with Gasteiger partial charge in [0, 0.05) is 0 Å². The van der Waals surface area contributed by atoms with Gasteiger partial charge in [-0.15, -0.1) is 0 Å². The summed E-state index contributed by atoms with van der Waals surface area (Å²) in [6.07, 6.45) is 8.70. The highest BCUT2D eigenvalue weighted by Gasteiger charge is 2.03. The first-order chi connectivity index (χ1) is 5.21. The molecule has 0 radical (unpaired) electrons. The Morgan fingerprint density at radius 1 is 0.615 bits per heavy atom. The van der Waals surface area contributed by atoms with Crippen molar-refractivity contribution in [3.05, 3.63) is 24.3 Å². The highest BCUT2D eigenvalue weighted by molar-refractivity contribution is 5.08. The molecule has 0 aliphatic heterocycles. The molecule has 0 aromatic carbocycles. The smallest absolute Gasteiger partial charge is 0.0200 e. The van der Waals surface area contributed by atoms with Gasteiger partial charge in [-0.05, 0) is 10.8 Å². The van der Waals surface area contributed by atoms with Crippen LogP contribution in [-0.4, -0.2) is 0 Å². The van der Waals surface area contributed by atoms with Crippen LogP contribution in [0.25, 0.3) is 0 Å². The lowest BCUT2D eigenvalue weighted by Crippen LogP contribution is -1.99. The highest BCUT2D eigenvalue weighted by atomic mass is 14.1. The molecule has 0 saturated carbocycles. The molecule has 0 bridgehead atoms. The molecule has 0 amide bonds. The van der Waals surface area contributed by atoms with Crippen molar-refractivity contribution >= 4 is 0 Å². The third-order valence-corrected chi connectivity index (χ3v) is 1.30. The Kier molecular flexibility index (Phi) is 6.06. The fraction of sp³-hybridized carbons (Fsp3) is 0.692. The summed E-state index contributed by atoms with van der Waals surface area (Å²) in [5.74, 6) is 0. The number of allylic oxidation sites excluding steroid dienone is 4. The van der Waals surface area contributed by atoms with Gasteiger partial charge in [-0.1, -0.05) is 73.3 Å². The molecule has 0 heterocycles. The Hall–Kier alpha value is -0.520. The van der Waals surface area contributed by atoms with Crippen LogP contribution in [0.5, 0.6) is 0 Å². The zero-order valence-corrected chi connectivity index (χ0v) is 9.31. The molecule has 0 N–H and O–H groups in total. The van der Waals surface area contributed by atoms with Crippen molar-refractivity contribution in [3.63, 3.8) is 0 Å². The van der Waals surface area contributed by atoms with E-state index < -0.39 is 0 Å². The first-order valence-electron chi connectivity index (χ1n) is 4.58. The van der Waals surface area contributed by atoms with Crippen molar-refractivity contribution in [1.82, 2.24) is 0 Å². The summed E-state index contributed by atoms with van der Waals surface area (Å²) in [6, 6.07) is 0. The van der Waals surface area contributed by atoms with Crippen LogP contribution in [0.15, 0.2) is 24.3 Å². The average Bonchev–Trinajstić information content (AvgIpc) is 1.76. The summed E-state index contributed by atoms with van der Waals surface area (Å²) in [5.41, 5.74) is 0.588. The van der Waals surface area contributed by atoms with Gasteiger partial charge < -0.3 is 0 Å².